The molecule has 26 nitrogen and oxygen atoms in total. The van der Waals surface area contributed by atoms with Gasteiger partial charge in [-0.1, -0.05) is 11.6 Å². The molecule has 0 spiro atoms. The van der Waals surface area contributed by atoms with Gasteiger partial charge in [0.2, 0.25) is 34.9 Å². The van der Waals surface area contributed by atoms with Crippen molar-refractivity contribution in [1.29, 1.82) is 0 Å². The number of nitrogens with two attached hydrogens (primary N) is 1. The van der Waals surface area contributed by atoms with Gasteiger partial charge in [-0.05, 0) is 92.8 Å². The molecule has 5 aromatic rings. The molecule has 430 valence electrons. The maximum Gasteiger partial charge on any atom is 0.434 e. The maximum atomic E-state index is 14.3. The minimum atomic E-state index is -4.69. The van der Waals surface area contributed by atoms with Crippen molar-refractivity contribution in [3.63, 3.8) is 0 Å². The molecule has 0 bridgehead atoms. The lowest BCUT2D eigenvalue weighted by Gasteiger charge is -2.14. The fourth-order valence-electron chi connectivity index (χ4n) is 5.53. The van der Waals surface area contributed by atoms with Gasteiger partial charge in [0.1, 0.15) is 17.6 Å². The number of esters is 1. The topological polar surface area (TPSA) is 360 Å². The number of pyridine rings is 1. The number of carboxylic acids is 1. The van der Waals surface area contributed by atoms with E-state index in [-0.39, 0.29) is 69.0 Å². The van der Waals surface area contributed by atoms with Crippen LogP contribution in [-0.2, 0) is 37.3 Å². The number of benzene rings is 1. The van der Waals surface area contributed by atoms with Crippen LogP contribution >= 0.6 is 46.5 Å². The lowest BCUT2D eigenvalue weighted by atomic mass is 10.1. The molecule has 8 N–H and O–H groups in total. The SMILES string of the molecule is CC(C)OC(=O)c1cc(-c2nn(C)c(C(F)(F)F)c2Br)c(F)cc1Cl.CCNc1nc(Cl)nc(NC(C)C)n1.COc1cc(OC)nc(NC(=O)NS(=O)(=O)c2ncccc2C(=O)N(C)C)n1.CP(=O)(O)CCC(N)C(=O)O. The van der Waals surface area contributed by atoms with E-state index in [9.17, 15) is 49.7 Å². The highest BCUT2D eigenvalue weighted by Crippen LogP contribution is 2.41. The first-order valence-corrected chi connectivity index (χ1v) is 27.5. The zero-order chi connectivity index (χ0) is 59.6. The van der Waals surface area contributed by atoms with E-state index in [1.165, 1.54) is 64.3 Å². The Kier molecular flexibility index (Phi) is 26.0. The molecule has 0 aliphatic heterocycles. The summed E-state index contributed by atoms with van der Waals surface area (Å²) in [6.45, 7) is 11.1. The van der Waals surface area contributed by atoms with Crippen molar-refractivity contribution < 1.29 is 73.9 Å². The van der Waals surface area contributed by atoms with Gasteiger partial charge in [0.25, 0.3) is 15.9 Å². The minimum absolute atomic E-state index is 0.0412. The number of rotatable bonds is 17. The number of aromatic nitrogens is 8. The zero-order valence-corrected chi connectivity index (χ0v) is 48.2. The summed E-state index contributed by atoms with van der Waals surface area (Å²) in [5, 5.41) is 19.6. The number of methoxy groups -OCH3 is 2. The van der Waals surface area contributed by atoms with Crippen molar-refractivity contribution in [2.75, 3.05) is 63.6 Å². The number of carboxylic acid groups (broad SMARTS) is 1. The summed E-state index contributed by atoms with van der Waals surface area (Å²) in [7, 11) is -0.869. The predicted molar refractivity (Wildman–Crippen MR) is 282 cm³/mol. The third kappa shape index (κ3) is 21.7. The number of halogens is 7. The number of carbonyl (C=O) groups excluding carboxylic acids is 3. The number of anilines is 3. The van der Waals surface area contributed by atoms with Crippen LogP contribution in [0.3, 0.4) is 0 Å². The predicted octanol–water partition coefficient (Wildman–Crippen LogP) is 6.79. The van der Waals surface area contributed by atoms with Crippen molar-refractivity contribution in [2.45, 2.75) is 70.4 Å². The molecule has 35 heteroatoms. The molecule has 2 unspecified atom stereocenters. The number of urea groups is 1. The Balaban J connectivity index is 0.000000379. The standard InChI is InChI=1S/C15H12BrClF4N2O2.C15H18N6O6S.C8H14ClN5.C5H12NO4P/c1-6(2)25-14(24)7-4-8(10(18)5-9(7)17)12-11(16)13(15(19,20)21)23(3)22-12;1-21(2)13(22)9-6-5-7-16-12(9)28(24,25)20-15(23)19-14-17-10(26-3)8-11(18-14)27-4;1-4-10-7-12-6(9)13-8(14-7)11-5(2)3;1-11(9,10)3-2-4(6)5(7)8/h4-6H,1-3H3;5-8H,1-4H3,(H2,17,18,19,20,23);5H,4H2,1-3H3,(H2,10,11,12,13,14);4H,2-3,6H2,1H3,(H,7,8)(H,9,10). The molecular weight excluding hydrogens is 1190 g/mol. The fraction of sp³-hybridized carbons (Fsp3) is 0.419. The Morgan fingerprint density at radius 3 is 2.04 bits per heavy atom. The van der Waals surface area contributed by atoms with E-state index in [4.69, 9.17) is 53.1 Å². The summed E-state index contributed by atoms with van der Waals surface area (Å²) < 4.78 is 106. The summed E-state index contributed by atoms with van der Waals surface area (Å²) in [4.78, 5) is 79.8. The average Bonchev–Trinajstić information content (AvgIpc) is 3.62. The normalized spacial score (nSPS) is 12.2. The molecule has 3 amide bonds. The first-order valence-electron chi connectivity index (χ1n) is 22.2. The highest BCUT2D eigenvalue weighted by molar-refractivity contribution is 9.10. The third-order valence-electron chi connectivity index (χ3n) is 8.88. The highest BCUT2D eigenvalue weighted by atomic mass is 79.9. The number of carbonyl (C=O) groups is 4. The number of amides is 3. The van der Waals surface area contributed by atoms with Gasteiger partial charge in [0.05, 0.1) is 47.0 Å². The van der Waals surface area contributed by atoms with Crippen molar-refractivity contribution in [3.05, 3.63) is 73.9 Å². The quantitative estimate of drug-likeness (QED) is 0.0286. The van der Waals surface area contributed by atoms with Crippen LogP contribution in [0.15, 0.2) is 46.0 Å². The van der Waals surface area contributed by atoms with Crippen LogP contribution in [0.5, 0.6) is 11.8 Å². The van der Waals surface area contributed by atoms with Gasteiger partial charge in [-0.2, -0.15) is 51.6 Å². The van der Waals surface area contributed by atoms with Gasteiger partial charge in [-0.3, -0.25) is 24.2 Å². The van der Waals surface area contributed by atoms with Crippen molar-refractivity contribution in [2.24, 2.45) is 12.8 Å². The van der Waals surface area contributed by atoms with Gasteiger partial charge in [-0.25, -0.2) is 23.7 Å². The van der Waals surface area contributed by atoms with Gasteiger partial charge in [0, 0.05) is 58.3 Å². The minimum Gasteiger partial charge on any atom is -0.481 e. The van der Waals surface area contributed by atoms with Crippen LogP contribution in [0, 0.1) is 5.82 Å². The summed E-state index contributed by atoms with van der Waals surface area (Å²) >= 11 is 14.4. The molecule has 0 saturated heterocycles. The largest absolute Gasteiger partial charge is 0.481 e. The van der Waals surface area contributed by atoms with Crippen LogP contribution in [0.1, 0.15) is 67.4 Å². The second-order valence-corrected chi connectivity index (χ2v) is 22.1. The van der Waals surface area contributed by atoms with E-state index < -0.39 is 80.6 Å². The second-order valence-electron chi connectivity index (χ2n) is 16.4. The Hall–Kier alpha value is -6.57. The first kappa shape index (κ1) is 67.5. The molecule has 0 aliphatic rings. The van der Waals surface area contributed by atoms with E-state index in [0.29, 0.717) is 16.6 Å². The molecule has 5 rings (SSSR count). The lowest BCUT2D eigenvalue weighted by Crippen LogP contribution is -2.36. The van der Waals surface area contributed by atoms with Crippen LogP contribution in [0.25, 0.3) is 11.3 Å². The summed E-state index contributed by atoms with van der Waals surface area (Å²) in [5.41, 5.74) is 3.04. The van der Waals surface area contributed by atoms with Gasteiger partial charge in [-0.15, -0.1) is 0 Å². The molecule has 0 aliphatic carbocycles. The van der Waals surface area contributed by atoms with Crippen molar-refractivity contribution in [1.82, 2.24) is 49.3 Å². The summed E-state index contributed by atoms with van der Waals surface area (Å²) in [5.74, 6) is -2.54. The molecule has 0 saturated carbocycles. The first-order chi connectivity index (χ1) is 36.0. The van der Waals surface area contributed by atoms with Gasteiger partial charge < -0.3 is 45.5 Å². The number of hydrogen-bond acceptors (Lipinski definition) is 20. The maximum absolute atomic E-state index is 14.3. The number of aliphatic carboxylic acids is 1. The number of aryl methyl sites for hydroxylation is 1. The number of nitrogens with zero attached hydrogens (tertiary/aromatic N) is 9. The number of sulfonamides is 1. The Labute approximate surface area is 463 Å². The molecule has 1 aromatic carbocycles. The zero-order valence-electron chi connectivity index (χ0n) is 43.4. The molecule has 0 fully saturated rings. The van der Waals surface area contributed by atoms with E-state index >= 15 is 0 Å². The van der Waals surface area contributed by atoms with E-state index in [1.807, 2.05) is 20.8 Å². The molecule has 78 heavy (non-hydrogen) atoms. The van der Waals surface area contributed by atoms with Crippen LogP contribution in [0.4, 0.5) is 40.2 Å². The number of alkyl halides is 3. The van der Waals surface area contributed by atoms with E-state index in [0.717, 1.165) is 25.7 Å². The molecule has 4 aromatic heterocycles. The Morgan fingerprint density at radius 1 is 0.962 bits per heavy atom. The third-order valence-corrected chi connectivity index (χ3v) is 12.5. The van der Waals surface area contributed by atoms with Crippen molar-refractivity contribution in [3.8, 4) is 23.0 Å². The Bertz CT molecular complexity index is 3050. The van der Waals surface area contributed by atoms with Crippen molar-refractivity contribution >= 4 is 98.2 Å². The average molecular weight is 1250 g/mol. The second kappa shape index (κ2) is 30.0. The number of nitrogens with one attached hydrogen (secondary N) is 4. The highest BCUT2D eigenvalue weighted by Gasteiger charge is 2.39. The van der Waals surface area contributed by atoms with Gasteiger partial charge in [0.15, 0.2) is 18.1 Å². The molecule has 2 atom stereocenters. The van der Waals surface area contributed by atoms with Crippen LogP contribution in [-0.4, -0.2) is 153 Å². The monoisotopic (exact) mass is 1250 g/mol. The number of hydrogen-bond donors (Lipinski definition) is 7. The molecule has 4 heterocycles. The molecule has 0 radical (unpaired) electrons. The lowest BCUT2D eigenvalue weighted by molar-refractivity contribution is -0.144. The van der Waals surface area contributed by atoms with Crippen LogP contribution < -0.4 is 35.9 Å². The summed E-state index contributed by atoms with van der Waals surface area (Å²) in [6.07, 6.45) is -3.95. The fourth-order valence-corrected chi connectivity index (χ4v) is 8.49. The molecular formula is C43H56BrCl2F4N14O12PS. The van der Waals surface area contributed by atoms with Gasteiger partial charge >= 0.3 is 24.1 Å². The number of ether oxygens (including phenoxy) is 3. The smallest absolute Gasteiger partial charge is 0.434 e. The Morgan fingerprint density at radius 2 is 1.55 bits per heavy atom. The van der Waals surface area contributed by atoms with E-state index in [2.05, 4.69) is 66.9 Å². The summed E-state index contributed by atoms with van der Waals surface area (Å²) in [6, 6.07) is 4.00. The van der Waals surface area contributed by atoms with E-state index in [1.54, 1.807) is 18.6 Å². The van der Waals surface area contributed by atoms with Crippen LogP contribution in [0.2, 0.25) is 10.3 Å².